The third kappa shape index (κ3) is 4.15. The SMILES string of the molecule is O=C1CCC(N2C(=O)c3cccc(NCCNC(=O)C4CCNCC4)c3C2=O)C(=O)N1. The van der Waals surface area contributed by atoms with Gasteiger partial charge < -0.3 is 16.0 Å². The summed E-state index contributed by atoms with van der Waals surface area (Å²) >= 11 is 0. The first-order valence-corrected chi connectivity index (χ1v) is 10.5. The van der Waals surface area contributed by atoms with E-state index in [0.717, 1.165) is 30.8 Å². The fourth-order valence-corrected chi connectivity index (χ4v) is 4.27. The maximum atomic E-state index is 13.0. The lowest BCUT2D eigenvalue weighted by Gasteiger charge is -2.27. The van der Waals surface area contributed by atoms with Crippen molar-refractivity contribution in [1.29, 1.82) is 0 Å². The number of fused-ring (bicyclic) bond motifs is 1. The van der Waals surface area contributed by atoms with Crippen LogP contribution in [0.5, 0.6) is 0 Å². The number of rotatable bonds is 6. The molecule has 0 aromatic heterocycles. The number of nitrogens with zero attached hydrogens (tertiary/aromatic N) is 1. The molecule has 3 aliphatic heterocycles. The Morgan fingerprint density at radius 3 is 2.55 bits per heavy atom. The summed E-state index contributed by atoms with van der Waals surface area (Å²) in [7, 11) is 0. The number of piperidine rings is 2. The average molecular weight is 427 g/mol. The van der Waals surface area contributed by atoms with Crippen LogP contribution in [0.25, 0.3) is 0 Å². The van der Waals surface area contributed by atoms with E-state index in [9.17, 15) is 24.0 Å². The van der Waals surface area contributed by atoms with Crippen molar-refractivity contribution in [1.82, 2.24) is 20.9 Å². The van der Waals surface area contributed by atoms with Gasteiger partial charge in [-0.3, -0.25) is 34.2 Å². The molecule has 10 heteroatoms. The summed E-state index contributed by atoms with van der Waals surface area (Å²) in [6.07, 6.45) is 1.82. The molecule has 4 rings (SSSR count). The number of hydrogen-bond acceptors (Lipinski definition) is 7. The van der Waals surface area contributed by atoms with Crippen molar-refractivity contribution in [3.63, 3.8) is 0 Å². The molecule has 1 atom stereocenters. The first kappa shape index (κ1) is 21.0. The van der Waals surface area contributed by atoms with Crippen LogP contribution in [0.2, 0.25) is 0 Å². The van der Waals surface area contributed by atoms with E-state index in [4.69, 9.17) is 0 Å². The van der Waals surface area contributed by atoms with Gasteiger partial charge in [-0.15, -0.1) is 0 Å². The van der Waals surface area contributed by atoms with E-state index >= 15 is 0 Å². The molecular weight excluding hydrogens is 402 g/mol. The maximum Gasteiger partial charge on any atom is 0.264 e. The van der Waals surface area contributed by atoms with Gasteiger partial charge in [0.1, 0.15) is 6.04 Å². The van der Waals surface area contributed by atoms with Gasteiger partial charge in [0.2, 0.25) is 17.7 Å². The number of carbonyl (C=O) groups excluding carboxylic acids is 5. The van der Waals surface area contributed by atoms with Gasteiger partial charge in [-0.2, -0.15) is 0 Å². The Balaban J connectivity index is 1.39. The third-order valence-electron chi connectivity index (χ3n) is 5.92. The van der Waals surface area contributed by atoms with Gasteiger partial charge in [0, 0.05) is 31.1 Å². The van der Waals surface area contributed by atoms with E-state index in [2.05, 4.69) is 21.3 Å². The molecule has 10 nitrogen and oxygen atoms in total. The molecule has 1 unspecified atom stereocenters. The van der Waals surface area contributed by atoms with Gasteiger partial charge in [0.25, 0.3) is 11.8 Å². The zero-order valence-corrected chi connectivity index (χ0v) is 17.0. The summed E-state index contributed by atoms with van der Waals surface area (Å²) in [5.41, 5.74) is 0.905. The maximum absolute atomic E-state index is 13.0. The molecule has 3 heterocycles. The Kier molecular flexibility index (Phi) is 5.99. The fourth-order valence-electron chi connectivity index (χ4n) is 4.27. The highest BCUT2D eigenvalue weighted by Crippen LogP contribution is 2.32. The van der Waals surface area contributed by atoms with Gasteiger partial charge in [-0.05, 0) is 44.5 Å². The zero-order chi connectivity index (χ0) is 22.0. The first-order valence-electron chi connectivity index (χ1n) is 10.5. The van der Waals surface area contributed by atoms with Crippen molar-refractivity contribution < 1.29 is 24.0 Å². The number of amides is 5. The highest BCUT2D eigenvalue weighted by Gasteiger charge is 2.45. The molecule has 164 valence electrons. The Bertz CT molecular complexity index is 940. The molecule has 0 bridgehead atoms. The van der Waals surface area contributed by atoms with Crippen LogP contribution in [0.15, 0.2) is 18.2 Å². The number of anilines is 1. The van der Waals surface area contributed by atoms with Crippen LogP contribution < -0.4 is 21.3 Å². The van der Waals surface area contributed by atoms with Crippen LogP contribution in [-0.2, 0) is 14.4 Å². The standard InChI is InChI=1S/C21H25N5O5/c27-16-5-4-15(19(29)25-16)26-20(30)13-2-1-3-14(17(13)21(26)31)23-10-11-24-18(28)12-6-8-22-9-7-12/h1-3,12,15,22-23H,4-11H2,(H,24,28)(H,25,27,29). The number of imide groups is 2. The Morgan fingerprint density at radius 2 is 1.81 bits per heavy atom. The van der Waals surface area contributed by atoms with Crippen LogP contribution in [0, 0.1) is 5.92 Å². The predicted molar refractivity (Wildman–Crippen MR) is 110 cm³/mol. The molecule has 0 aliphatic carbocycles. The van der Waals surface area contributed by atoms with Crippen LogP contribution >= 0.6 is 0 Å². The van der Waals surface area contributed by atoms with Crippen molar-refractivity contribution in [2.24, 2.45) is 5.92 Å². The summed E-state index contributed by atoms with van der Waals surface area (Å²) in [6.45, 7) is 2.44. The van der Waals surface area contributed by atoms with Gasteiger partial charge >= 0.3 is 0 Å². The Labute approximate surface area is 179 Å². The summed E-state index contributed by atoms with van der Waals surface area (Å²) in [6, 6.07) is 3.90. The van der Waals surface area contributed by atoms with E-state index in [-0.39, 0.29) is 35.8 Å². The molecule has 1 aromatic rings. The van der Waals surface area contributed by atoms with E-state index in [1.165, 1.54) is 0 Å². The van der Waals surface area contributed by atoms with Gasteiger partial charge in [-0.25, -0.2) is 0 Å². The van der Waals surface area contributed by atoms with Crippen LogP contribution in [-0.4, -0.2) is 66.7 Å². The summed E-state index contributed by atoms with van der Waals surface area (Å²) in [4.78, 5) is 62.6. The third-order valence-corrected chi connectivity index (χ3v) is 5.92. The minimum atomic E-state index is -0.998. The lowest BCUT2D eigenvalue weighted by atomic mass is 9.97. The minimum Gasteiger partial charge on any atom is -0.383 e. The van der Waals surface area contributed by atoms with Crippen molar-refractivity contribution >= 4 is 35.2 Å². The topological polar surface area (TPSA) is 137 Å². The highest BCUT2D eigenvalue weighted by molar-refractivity contribution is 6.25. The van der Waals surface area contributed by atoms with Gasteiger partial charge in [-0.1, -0.05) is 6.07 Å². The molecular formula is C21H25N5O5. The van der Waals surface area contributed by atoms with Crippen molar-refractivity contribution in [2.45, 2.75) is 31.7 Å². The zero-order valence-electron chi connectivity index (χ0n) is 17.0. The fraction of sp³-hybridized carbons (Fsp3) is 0.476. The predicted octanol–water partition coefficient (Wildman–Crippen LogP) is -0.384. The normalized spacial score (nSPS) is 21.7. The van der Waals surface area contributed by atoms with Gasteiger partial charge in [0.05, 0.1) is 11.1 Å². The summed E-state index contributed by atoms with van der Waals surface area (Å²) in [5, 5.41) is 11.4. The monoisotopic (exact) mass is 427 g/mol. The van der Waals surface area contributed by atoms with Gasteiger partial charge in [0.15, 0.2) is 0 Å². The van der Waals surface area contributed by atoms with Crippen molar-refractivity contribution in [2.75, 3.05) is 31.5 Å². The first-order chi connectivity index (χ1) is 15.0. The lowest BCUT2D eigenvalue weighted by molar-refractivity contribution is -0.136. The highest BCUT2D eigenvalue weighted by atomic mass is 16.2. The number of nitrogens with one attached hydrogen (secondary N) is 4. The number of benzene rings is 1. The lowest BCUT2D eigenvalue weighted by Crippen LogP contribution is -2.54. The second kappa shape index (κ2) is 8.84. The largest absolute Gasteiger partial charge is 0.383 e. The molecule has 3 aliphatic rings. The van der Waals surface area contributed by atoms with Crippen LogP contribution in [0.4, 0.5) is 5.69 Å². The Hall–Kier alpha value is -3.27. The van der Waals surface area contributed by atoms with Crippen LogP contribution in [0.1, 0.15) is 46.4 Å². The quantitative estimate of drug-likeness (QED) is 0.359. The molecule has 4 N–H and O–H groups in total. The van der Waals surface area contributed by atoms with E-state index in [1.54, 1.807) is 18.2 Å². The van der Waals surface area contributed by atoms with E-state index in [0.29, 0.717) is 18.8 Å². The van der Waals surface area contributed by atoms with Crippen LogP contribution in [0.3, 0.4) is 0 Å². The summed E-state index contributed by atoms with van der Waals surface area (Å²) in [5.74, 6) is -2.11. The number of carbonyl (C=O) groups is 5. The van der Waals surface area contributed by atoms with E-state index in [1.807, 2.05) is 0 Å². The molecule has 2 saturated heterocycles. The molecule has 31 heavy (non-hydrogen) atoms. The van der Waals surface area contributed by atoms with Crippen molar-refractivity contribution in [3.05, 3.63) is 29.3 Å². The minimum absolute atomic E-state index is 0.0171. The van der Waals surface area contributed by atoms with E-state index < -0.39 is 29.7 Å². The molecule has 1 aromatic carbocycles. The molecule has 0 saturated carbocycles. The second-order valence-electron chi connectivity index (χ2n) is 7.92. The molecule has 0 radical (unpaired) electrons. The van der Waals surface area contributed by atoms with Crippen molar-refractivity contribution in [3.8, 4) is 0 Å². The number of hydrogen-bond donors (Lipinski definition) is 4. The molecule has 5 amide bonds. The average Bonchev–Trinajstić information content (AvgIpc) is 3.03. The molecule has 2 fully saturated rings. The second-order valence-corrected chi connectivity index (χ2v) is 7.92. The summed E-state index contributed by atoms with van der Waals surface area (Å²) < 4.78 is 0. The smallest absolute Gasteiger partial charge is 0.264 e. The molecule has 0 spiro atoms. The Morgan fingerprint density at radius 1 is 1.03 bits per heavy atom.